The third kappa shape index (κ3) is 4.05. The predicted molar refractivity (Wildman–Crippen MR) is 81.8 cm³/mol. The minimum Gasteiger partial charge on any atom is -0.382 e. The summed E-state index contributed by atoms with van der Waals surface area (Å²) >= 11 is 0. The van der Waals surface area contributed by atoms with Crippen LogP contribution in [-0.4, -0.2) is 11.9 Å². The Labute approximate surface area is 123 Å². The van der Waals surface area contributed by atoms with Crippen LogP contribution in [0.4, 0.5) is 15.8 Å². The summed E-state index contributed by atoms with van der Waals surface area (Å²) in [6, 6.07) is 14.3. The topological polar surface area (TPSA) is 41.1 Å². The molecule has 2 aromatic carbocycles. The molecule has 0 saturated heterocycles. The van der Waals surface area contributed by atoms with Gasteiger partial charge in [-0.2, -0.15) is 0 Å². The number of carbonyl (C=O) groups excluding carboxylic acids is 1. The second-order valence-electron chi connectivity index (χ2n) is 5.35. The third-order valence-electron chi connectivity index (χ3n) is 3.39. The van der Waals surface area contributed by atoms with Gasteiger partial charge in [-0.1, -0.05) is 12.1 Å². The van der Waals surface area contributed by atoms with E-state index in [1.807, 2.05) is 24.3 Å². The molecule has 0 radical (unpaired) electrons. The van der Waals surface area contributed by atoms with Gasteiger partial charge in [0.2, 0.25) is 5.91 Å². The largest absolute Gasteiger partial charge is 0.382 e. The molecule has 0 atom stereocenters. The van der Waals surface area contributed by atoms with Gasteiger partial charge in [0.25, 0.3) is 0 Å². The Morgan fingerprint density at radius 3 is 2.24 bits per heavy atom. The molecule has 21 heavy (non-hydrogen) atoms. The quantitative estimate of drug-likeness (QED) is 0.881. The minimum absolute atomic E-state index is 0.107. The van der Waals surface area contributed by atoms with Crippen molar-refractivity contribution in [1.82, 2.24) is 0 Å². The van der Waals surface area contributed by atoms with Crippen molar-refractivity contribution in [1.29, 1.82) is 0 Å². The van der Waals surface area contributed by atoms with Crippen molar-refractivity contribution in [3.63, 3.8) is 0 Å². The van der Waals surface area contributed by atoms with Crippen LogP contribution in [0.3, 0.4) is 0 Å². The summed E-state index contributed by atoms with van der Waals surface area (Å²) in [6.45, 7) is 0. The Balaban J connectivity index is 1.55. The first-order valence-electron chi connectivity index (χ1n) is 7.10. The first-order valence-corrected chi connectivity index (χ1v) is 7.10. The van der Waals surface area contributed by atoms with E-state index < -0.39 is 0 Å². The van der Waals surface area contributed by atoms with E-state index in [0.717, 1.165) is 16.9 Å². The van der Waals surface area contributed by atoms with E-state index in [9.17, 15) is 9.18 Å². The van der Waals surface area contributed by atoms with Gasteiger partial charge in [0.05, 0.1) is 6.42 Å². The first-order chi connectivity index (χ1) is 10.2. The lowest BCUT2D eigenvalue weighted by atomic mass is 10.1. The van der Waals surface area contributed by atoms with Crippen molar-refractivity contribution in [3.05, 3.63) is 59.9 Å². The van der Waals surface area contributed by atoms with E-state index in [4.69, 9.17) is 0 Å². The van der Waals surface area contributed by atoms with Crippen molar-refractivity contribution in [2.24, 2.45) is 0 Å². The maximum Gasteiger partial charge on any atom is 0.228 e. The van der Waals surface area contributed by atoms with Gasteiger partial charge < -0.3 is 10.6 Å². The van der Waals surface area contributed by atoms with E-state index in [1.54, 1.807) is 12.1 Å². The summed E-state index contributed by atoms with van der Waals surface area (Å²) in [5.74, 6) is -0.401. The molecular formula is C17H17FN2O. The summed E-state index contributed by atoms with van der Waals surface area (Å²) in [4.78, 5) is 11.9. The Morgan fingerprint density at radius 1 is 1.00 bits per heavy atom. The number of benzene rings is 2. The Hall–Kier alpha value is -2.36. The molecule has 1 fully saturated rings. The number of carbonyl (C=O) groups is 1. The zero-order valence-electron chi connectivity index (χ0n) is 11.6. The fourth-order valence-corrected chi connectivity index (χ4v) is 2.11. The molecule has 0 unspecified atom stereocenters. The SMILES string of the molecule is O=C(Cc1ccc(F)cc1)Nc1ccc(NC2CC2)cc1. The van der Waals surface area contributed by atoms with E-state index in [2.05, 4.69) is 10.6 Å². The van der Waals surface area contributed by atoms with Crippen LogP contribution in [0.15, 0.2) is 48.5 Å². The second-order valence-corrected chi connectivity index (χ2v) is 5.35. The lowest BCUT2D eigenvalue weighted by molar-refractivity contribution is -0.115. The maximum atomic E-state index is 12.8. The average Bonchev–Trinajstić information content (AvgIpc) is 3.28. The van der Waals surface area contributed by atoms with Gasteiger partial charge in [0.15, 0.2) is 0 Å². The standard InChI is InChI=1S/C17H17FN2O/c18-13-3-1-12(2-4-13)11-17(21)20-16-9-7-15(8-10-16)19-14-5-6-14/h1-4,7-10,14,19H,5-6,11H2,(H,20,21). The highest BCUT2D eigenvalue weighted by atomic mass is 19.1. The number of nitrogens with one attached hydrogen (secondary N) is 2. The van der Waals surface area contributed by atoms with Gasteiger partial charge in [0, 0.05) is 17.4 Å². The zero-order valence-corrected chi connectivity index (χ0v) is 11.6. The van der Waals surface area contributed by atoms with Crippen molar-refractivity contribution in [2.75, 3.05) is 10.6 Å². The predicted octanol–water partition coefficient (Wildman–Crippen LogP) is 3.58. The van der Waals surface area contributed by atoms with Crippen LogP contribution < -0.4 is 10.6 Å². The molecule has 3 rings (SSSR count). The third-order valence-corrected chi connectivity index (χ3v) is 3.39. The maximum absolute atomic E-state index is 12.8. The average molecular weight is 284 g/mol. The summed E-state index contributed by atoms with van der Waals surface area (Å²) in [5.41, 5.74) is 2.64. The molecule has 0 aliphatic heterocycles. The molecule has 2 N–H and O–H groups in total. The highest BCUT2D eigenvalue weighted by Gasteiger charge is 2.20. The van der Waals surface area contributed by atoms with E-state index >= 15 is 0 Å². The molecule has 1 aliphatic rings. The summed E-state index contributed by atoms with van der Waals surface area (Å²) < 4.78 is 12.8. The van der Waals surface area contributed by atoms with Gasteiger partial charge in [-0.15, -0.1) is 0 Å². The van der Waals surface area contributed by atoms with Crippen LogP contribution in [0.1, 0.15) is 18.4 Å². The molecule has 3 nitrogen and oxygen atoms in total. The van der Waals surface area contributed by atoms with Gasteiger partial charge in [0.1, 0.15) is 5.82 Å². The van der Waals surface area contributed by atoms with Crippen molar-refractivity contribution < 1.29 is 9.18 Å². The Bertz CT molecular complexity index is 618. The van der Waals surface area contributed by atoms with Gasteiger partial charge in [-0.25, -0.2) is 4.39 Å². The number of amides is 1. The molecule has 108 valence electrons. The minimum atomic E-state index is -0.294. The van der Waals surface area contributed by atoms with Crippen LogP contribution in [0.25, 0.3) is 0 Å². The molecule has 0 heterocycles. The molecule has 0 spiro atoms. The Morgan fingerprint density at radius 2 is 1.62 bits per heavy atom. The fourth-order valence-electron chi connectivity index (χ4n) is 2.11. The smallest absolute Gasteiger partial charge is 0.228 e. The molecule has 1 amide bonds. The summed E-state index contributed by atoms with van der Waals surface area (Å²) in [6.07, 6.45) is 2.70. The number of hydrogen-bond acceptors (Lipinski definition) is 2. The number of halogens is 1. The van der Waals surface area contributed by atoms with Crippen molar-refractivity contribution in [3.8, 4) is 0 Å². The van der Waals surface area contributed by atoms with Gasteiger partial charge in [-0.05, 0) is 54.8 Å². The zero-order chi connectivity index (χ0) is 14.7. The molecule has 1 saturated carbocycles. The molecule has 0 aromatic heterocycles. The second kappa shape index (κ2) is 5.95. The van der Waals surface area contributed by atoms with E-state index in [0.29, 0.717) is 6.04 Å². The number of anilines is 2. The Kier molecular flexibility index (Phi) is 3.86. The lowest BCUT2D eigenvalue weighted by Gasteiger charge is -2.08. The number of rotatable bonds is 5. The van der Waals surface area contributed by atoms with E-state index in [-0.39, 0.29) is 18.1 Å². The van der Waals surface area contributed by atoms with Crippen LogP contribution in [0.2, 0.25) is 0 Å². The van der Waals surface area contributed by atoms with Gasteiger partial charge in [-0.3, -0.25) is 4.79 Å². The molecule has 1 aliphatic carbocycles. The molecule has 2 aromatic rings. The monoisotopic (exact) mass is 284 g/mol. The normalized spacial score (nSPS) is 13.8. The molecule has 4 heteroatoms. The van der Waals surface area contributed by atoms with Crippen LogP contribution in [-0.2, 0) is 11.2 Å². The van der Waals surface area contributed by atoms with Crippen LogP contribution >= 0.6 is 0 Å². The summed E-state index contributed by atoms with van der Waals surface area (Å²) in [7, 11) is 0. The highest BCUT2D eigenvalue weighted by molar-refractivity contribution is 5.92. The number of hydrogen-bond donors (Lipinski definition) is 2. The van der Waals surface area contributed by atoms with Crippen LogP contribution in [0.5, 0.6) is 0 Å². The molecular weight excluding hydrogens is 267 g/mol. The lowest BCUT2D eigenvalue weighted by Crippen LogP contribution is -2.14. The fraction of sp³-hybridized carbons (Fsp3) is 0.235. The molecule has 0 bridgehead atoms. The highest BCUT2D eigenvalue weighted by Crippen LogP contribution is 2.25. The van der Waals surface area contributed by atoms with Crippen LogP contribution in [0, 0.1) is 5.82 Å². The first kappa shape index (κ1) is 13.6. The van der Waals surface area contributed by atoms with Crippen molar-refractivity contribution in [2.45, 2.75) is 25.3 Å². The summed E-state index contributed by atoms with van der Waals surface area (Å²) in [5, 5.41) is 6.23. The van der Waals surface area contributed by atoms with Crippen molar-refractivity contribution >= 4 is 17.3 Å². The van der Waals surface area contributed by atoms with Gasteiger partial charge >= 0.3 is 0 Å². The van der Waals surface area contributed by atoms with E-state index in [1.165, 1.54) is 25.0 Å².